The zero-order valence-corrected chi connectivity index (χ0v) is 8.66. The summed E-state index contributed by atoms with van der Waals surface area (Å²) in [5.41, 5.74) is 5.35. The molecule has 1 fully saturated rings. The van der Waals surface area contributed by atoms with Crippen LogP contribution >= 0.6 is 0 Å². The first-order chi connectivity index (χ1) is 6.02. The van der Waals surface area contributed by atoms with Crippen molar-refractivity contribution in [1.82, 2.24) is 9.80 Å². The molecule has 0 aromatic rings. The highest BCUT2D eigenvalue weighted by Crippen LogP contribution is 2.11. The number of nitrogens with zero attached hydrogens (tertiary/aromatic N) is 2. The van der Waals surface area contributed by atoms with Crippen molar-refractivity contribution in [3.05, 3.63) is 0 Å². The fourth-order valence-electron chi connectivity index (χ4n) is 1.80. The number of rotatable bonds is 2. The van der Waals surface area contributed by atoms with E-state index in [1.165, 1.54) is 0 Å². The third-order valence-electron chi connectivity index (χ3n) is 2.62. The summed E-state index contributed by atoms with van der Waals surface area (Å²) < 4.78 is 0. The lowest BCUT2D eigenvalue weighted by Gasteiger charge is -2.40. The Morgan fingerprint density at radius 2 is 2.08 bits per heavy atom. The minimum atomic E-state index is -0.208. The van der Waals surface area contributed by atoms with Gasteiger partial charge in [0.25, 0.3) is 0 Å². The number of hydrogen-bond donors (Lipinski definition) is 1. The average molecular weight is 185 g/mol. The van der Waals surface area contributed by atoms with Gasteiger partial charge in [-0.1, -0.05) is 0 Å². The molecule has 1 saturated heterocycles. The number of likely N-dealkylation sites (N-methyl/N-ethyl adjacent to an activating group) is 1. The maximum atomic E-state index is 11.2. The molecule has 0 aromatic carbocycles. The summed E-state index contributed by atoms with van der Waals surface area (Å²) in [7, 11) is 2.02. The Balaban J connectivity index is 2.66. The normalized spacial score (nSPS) is 26.6. The maximum absolute atomic E-state index is 11.2. The van der Waals surface area contributed by atoms with Gasteiger partial charge >= 0.3 is 0 Å². The number of hydrogen-bond acceptors (Lipinski definition) is 3. The van der Waals surface area contributed by atoms with Gasteiger partial charge in [0.05, 0.1) is 0 Å². The van der Waals surface area contributed by atoms with E-state index in [1.54, 1.807) is 0 Å². The average Bonchev–Trinajstić information content (AvgIpc) is 2.03. The molecule has 1 heterocycles. The number of carbonyl (C=O) groups excluding carboxylic acids is 1. The fraction of sp³-hybridized carbons (Fsp3) is 0.889. The van der Waals surface area contributed by atoms with Crippen molar-refractivity contribution in [3.8, 4) is 0 Å². The van der Waals surface area contributed by atoms with E-state index in [-0.39, 0.29) is 11.9 Å². The molecule has 0 bridgehead atoms. The lowest BCUT2D eigenvalue weighted by atomic mass is 10.1. The summed E-state index contributed by atoms with van der Waals surface area (Å²) in [6.07, 6.45) is 0. The van der Waals surface area contributed by atoms with Crippen LogP contribution in [0.15, 0.2) is 0 Å². The summed E-state index contributed by atoms with van der Waals surface area (Å²) in [5, 5.41) is 0. The molecular formula is C9H19N3O. The van der Waals surface area contributed by atoms with Crippen molar-refractivity contribution < 1.29 is 4.79 Å². The van der Waals surface area contributed by atoms with Crippen LogP contribution in [0.25, 0.3) is 0 Å². The summed E-state index contributed by atoms with van der Waals surface area (Å²) in [6.45, 7) is 6.90. The molecule has 1 aliphatic heterocycles. The molecule has 76 valence electrons. The minimum absolute atomic E-state index is 0.112. The quantitative estimate of drug-likeness (QED) is 0.631. The number of carbonyl (C=O) groups is 1. The predicted octanol–water partition coefficient (Wildman–Crippen LogP) is -0.504. The molecule has 1 unspecified atom stereocenters. The van der Waals surface area contributed by atoms with Crippen molar-refractivity contribution >= 4 is 5.91 Å². The monoisotopic (exact) mass is 185 g/mol. The molecule has 13 heavy (non-hydrogen) atoms. The van der Waals surface area contributed by atoms with Crippen molar-refractivity contribution in [2.45, 2.75) is 25.9 Å². The third-order valence-corrected chi connectivity index (χ3v) is 2.62. The zero-order chi connectivity index (χ0) is 10.0. The van der Waals surface area contributed by atoms with Crippen molar-refractivity contribution in [3.63, 3.8) is 0 Å². The van der Waals surface area contributed by atoms with E-state index in [4.69, 9.17) is 5.73 Å². The molecule has 1 amide bonds. The van der Waals surface area contributed by atoms with Gasteiger partial charge in [0.2, 0.25) is 5.91 Å². The number of nitrogens with two attached hydrogens (primary N) is 1. The van der Waals surface area contributed by atoms with Crippen LogP contribution in [0.5, 0.6) is 0 Å². The summed E-state index contributed by atoms with van der Waals surface area (Å²) >= 11 is 0. The second kappa shape index (κ2) is 4.07. The van der Waals surface area contributed by atoms with Crippen LogP contribution in [0.4, 0.5) is 0 Å². The molecule has 2 N–H and O–H groups in total. The van der Waals surface area contributed by atoms with E-state index >= 15 is 0 Å². The summed E-state index contributed by atoms with van der Waals surface area (Å²) in [5.74, 6) is -0.208. The summed E-state index contributed by atoms with van der Waals surface area (Å²) in [6, 6.07) is 0.282. The van der Waals surface area contributed by atoms with Gasteiger partial charge in [-0.2, -0.15) is 0 Å². The first kappa shape index (κ1) is 10.5. The zero-order valence-electron chi connectivity index (χ0n) is 8.66. The van der Waals surface area contributed by atoms with E-state index in [0.29, 0.717) is 6.04 Å². The Morgan fingerprint density at radius 1 is 1.46 bits per heavy atom. The van der Waals surface area contributed by atoms with Gasteiger partial charge in [0.1, 0.15) is 6.04 Å². The van der Waals surface area contributed by atoms with Crippen molar-refractivity contribution in [2.75, 3.05) is 26.7 Å². The SMILES string of the molecule is CC(C)N1CCN(C)CC1C(N)=O. The predicted molar refractivity (Wildman–Crippen MR) is 52.3 cm³/mol. The minimum Gasteiger partial charge on any atom is -0.368 e. The molecule has 4 nitrogen and oxygen atoms in total. The Bertz CT molecular complexity index is 193. The van der Waals surface area contributed by atoms with Gasteiger partial charge in [-0.25, -0.2) is 0 Å². The molecule has 4 heteroatoms. The Morgan fingerprint density at radius 3 is 2.54 bits per heavy atom. The maximum Gasteiger partial charge on any atom is 0.236 e. The molecule has 0 aliphatic carbocycles. The Kier molecular flexibility index (Phi) is 3.27. The van der Waals surface area contributed by atoms with Crippen LogP contribution < -0.4 is 5.73 Å². The number of piperazine rings is 1. The molecule has 0 radical (unpaired) electrons. The van der Waals surface area contributed by atoms with Gasteiger partial charge in [0.15, 0.2) is 0 Å². The van der Waals surface area contributed by atoms with E-state index in [2.05, 4.69) is 23.6 Å². The van der Waals surface area contributed by atoms with Gasteiger partial charge in [-0.3, -0.25) is 9.69 Å². The molecule has 0 aromatic heterocycles. The molecule has 0 spiro atoms. The van der Waals surface area contributed by atoms with E-state index in [1.807, 2.05) is 7.05 Å². The van der Waals surface area contributed by atoms with Crippen LogP contribution in [0, 0.1) is 0 Å². The van der Waals surface area contributed by atoms with Gasteiger partial charge in [-0.15, -0.1) is 0 Å². The molecule has 0 saturated carbocycles. The van der Waals surface area contributed by atoms with Crippen LogP contribution in [-0.2, 0) is 4.79 Å². The number of primary amides is 1. The van der Waals surface area contributed by atoms with Gasteiger partial charge < -0.3 is 10.6 Å². The second-order valence-electron chi connectivity index (χ2n) is 4.01. The fourth-order valence-corrected chi connectivity index (χ4v) is 1.80. The number of amides is 1. The smallest absolute Gasteiger partial charge is 0.236 e. The van der Waals surface area contributed by atoms with Crippen LogP contribution in [0.2, 0.25) is 0 Å². The highest BCUT2D eigenvalue weighted by Gasteiger charge is 2.30. The first-order valence-electron chi connectivity index (χ1n) is 4.76. The van der Waals surface area contributed by atoms with Gasteiger partial charge in [-0.05, 0) is 20.9 Å². The third kappa shape index (κ3) is 2.42. The molecule has 1 aliphatic rings. The molecular weight excluding hydrogens is 166 g/mol. The topological polar surface area (TPSA) is 49.6 Å². The van der Waals surface area contributed by atoms with E-state index < -0.39 is 0 Å². The lowest BCUT2D eigenvalue weighted by molar-refractivity contribution is -0.126. The highest BCUT2D eigenvalue weighted by molar-refractivity contribution is 5.80. The Hall–Kier alpha value is -0.610. The first-order valence-corrected chi connectivity index (χ1v) is 4.76. The van der Waals surface area contributed by atoms with Crippen molar-refractivity contribution in [2.24, 2.45) is 5.73 Å². The Labute approximate surface area is 79.7 Å². The van der Waals surface area contributed by atoms with Crippen LogP contribution in [-0.4, -0.2) is 54.5 Å². The summed E-state index contributed by atoms with van der Waals surface area (Å²) in [4.78, 5) is 15.5. The van der Waals surface area contributed by atoms with Gasteiger partial charge in [0, 0.05) is 25.7 Å². The van der Waals surface area contributed by atoms with E-state index in [0.717, 1.165) is 19.6 Å². The molecule has 1 rings (SSSR count). The second-order valence-corrected chi connectivity index (χ2v) is 4.01. The van der Waals surface area contributed by atoms with Crippen molar-refractivity contribution in [1.29, 1.82) is 0 Å². The van der Waals surface area contributed by atoms with Crippen LogP contribution in [0.1, 0.15) is 13.8 Å². The largest absolute Gasteiger partial charge is 0.368 e. The van der Waals surface area contributed by atoms with E-state index in [9.17, 15) is 4.79 Å². The molecule has 1 atom stereocenters. The highest BCUT2D eigenvalue weighted by atomic mass is 16.1. The van der Waals surface area contributed by atoms with Crippen LogP contribution in [0.3, 0.4) is 0 Å². The standard InChI is InChI=1S/C9H19N3O/c1-7(2)12-5-4-11(3)6-8(12)9(10)13/h7-8H,4-6H2,1-3H3,(H2,10,13). The lowest BCUT2D eigenvalue weighted by Crippen LogP contribution is -2.59.